The van der Waals surface area contributed by atoms with Crippen molar-refractivity contribution < 1.29 is 0 Å². The minimum atomic E-state index is 1.30. The SMILES string of the molecule is c1ccc2cc(-c3csc4ccccc34)ccc2c1. The minimum Gasteiger partial charge on any atom is -0.143 e. The molecule has 0 radical (unpaired) electrons. The van der Waals surface area contributed by atoms with Gasteiger partial charge in [-0.2, -0.15) is 0 Å². The average Bonchev–Trinajstić information content (AvgIpc) is 2.91. The van der Waals surface area contributed by atoms with Crippen LogP contribution in [0, 0.1) is 0 Å². The molecule has 0 bridgehead atoms. The normalized spacial score (nSPS) is 11.2. The summed E-state index contributed by atoms with van der Waals surface area (Å²) in [5.41, 5.74) is 2.64. The van der Waals surface area contributed by atoms with Gasteiger partial charge in [0, 0.05) is 15.6 Å². The number of benzene rings is 3. The van der Waals surface area contributed by atoms with Gasteiger partial charge in [0.05, 0.1) is 0 Å². The largest absolute Gasteiger partial charge is 0.143 e. The van der Waals surface area contributed by atoms with Crippen molar-refractivity contribution in [3.8, 4) is 11.1 Å². The third-order valence-corrected chi connectivity index (χ3v) is 4.50. The molecule has 0 unspecified atom stereocenters. The van der Waals surface area contributed by atoms with Gasteiger partial charge in [-0.15, -0.1) is 11.3 Å². The zero-order valence-electron chi connectivity index (χ0n) is 10.3. The lowest BCUT2D eigenvalue weighted by molar-refractivity contribution is 1.72. The third-order valence-electron chi connectivity index (χ3n) is 3.54. The van der Waals surface area contributed by atoms with Crippen molar-refractivity contribution in [2.24, 2.45) is 0 Å². The first-order chi connectivity index (χ1) is 9.42. The highest BCUT2D eigenvalue weighted by molar-refractivity contribution is 7.17. The van der Waals surface area contributed by atoms with Gasteiger partial charge in [0.1, 0.15) is 0 Å². The van der Waals surface area contributed by atoms with Crippen LogP contribution in [0.15, 0.2) is 72.1 Å². The molecule has 0 nitrogen and oxygen atoms in total. The Labute approximate surface area is 115 Å². The van der Waals surface area contributed by atoms with E-state index in [0.717, 1.165) is 0 Å². The molecule has 4 aromatic rings. The topological polar surface area (TPSA) is 0 Å². The Kier molecular flexibility index (Phi) is 2.39. The maximum Gasteiger partial charge on any atom is 0.0349 e. The summed E-state index contributed by atoms with van der Waals surface area (Å²) in [4.78, 5) is 0. The molecule has 19 heavy (non-hydrogen) atoms. The molecule has 3 aromatic carbocycles. The Morgan fingerprint density at radius 2 is 1.47 bits per heavy atom. The smallest absolute Gasteiger partial charge is 0.0349 e. The molecule has 4 rings (SSSR count). The Hall–Kier alpha value is -2.12. The predicted molar refractivity (Wildman–Crippen MR) is 84.8 cm³/mol. The highest BCUT2D eigenvalue weighted by Gasteiger charge is 2.06. The molecule has 1 heterocycles. The van der Waals surface area contributed by atoms with Gasteiger partial charge < -0.3 is 0 Å². The minimum absolute atomic E-state index is 1.30. The van der Waals surface area contributed by atoms with E-state index in [1.165, 1.54) is 32.0 Å². The van der Waals surface area contributed by atoms with Gasteiger partial charge in [0.2, 0.25) is 0 Å². The molecule has 1 aromatic heterocycles. The van der Waals surface area contributed by atoms with Crippen molar-refractivity contribution in [1.82, 2.24) is 0 Å². The van der Waals surface area contributed by atoms with Crippen LogP contribution in [-0.2, 0) is 0 Å². The summed E-state index contributed by atoms with van der Waals surface area (Å²) in [6.45, 7) is 0. The van der Waals surface area contributed by atoms with E-state index in [2.05, 4.69) is 72.1 Å². The van der Waals surface area contributed by atoms with E-state index in [1.54, 1.807) is 0 Å². The zero-order chi connectivity index (χ0) is 12.7. The van der Waals surface area contributed by atoms with E-state index < -0.39 is 0 Å². The Morgan fingerprint density at radius 3 is 2.42 bits per heavy atom. The van der Waals surface area contributed by atoms with Crippen molar-refractivity contribution in [3.05, 3.63) is 72.1 Å². The second-order valence-electron chi connectivity index (χ2n) is 4.71. The number of hydrogen-bond donors (Lipinski definition) is 0. The summed E-state index contributed by atoms with van der Waals surface area (Å²) >= 11 is 1.81. The van der Waals surface area contributed by atoms with Crippen LogP contribution in [0.4, 0.5) is 0 Å². The van der Waals surface area contributed by atoms with Gasteiger partial charge in [-0.05, 0) is 33.8 Å². The first kappa shape index (κ1) is 10.8. The molecule has 90 valence electrons. The van der Waals surface area contributed by atoms with Crippen molar-refractivity contribution in [1.29, 1.82) is 0 Å². The van der Waals surface area contributed by atoms with E-state index in [0.29, 0.717) is 0 Å². The third kappa shape index (κ3) is 1.74. The summed E-state index contributed by atoms with van der Waals surface area (Å²) in [6.07, 6.45) is 0. The van der Waals surface area contributed by atoms with Crippen LogP contribution < -0.4 is 0 Å². The van der Waals surface area contributed by atoms with Crippen molar-refractivity contribution in [2.45, 2.75) is 0 Å². The van der Waals surface area contributed by atoms with Gasteiger partial charge in [-0.1, -0.05) is 54.6 Å². The number of fused-ring (bicyclic) bond motifs is 2. The number of thiophene rings is 1. The maximum atomic E-state index is 2.28. The average molecular weight is 260 g/mol. The Morgan fingerprint density at radius 1 is 0.684 bits per heavy atom. The number of hydrogen-bond acceptors (Lipinski definition) is 1. The fraction of sp³-hybridized carbons (Fsp3) is 0. The fourth-order valence-electron chi connectivity index (χ4n) is 2.56. The summed E-state index contributed by atoms with van der Waals surface area (Å²) in [5.74, 6) is 0. The monoisotopic (exact) mass is 260 g/mol. The van der Waals surface area contributed by atoms with Gasteiger partial charge in [-0.25, -0.2) is 0 Å². The van der Waals surface area contributed by atoms with Gasteiger partial charge in [0.25, 0.3) is 0 Å². The van der Waals surface area contributed by atoms with Crippen LogP contribution in [0.1, 0.15) is 0 Å². The van der Waals surface area contributed by atoms with Crippen LogP contribution >= 0.6 is 11.3 Å². The molecule has 1 heteroatoms. The van der Waals surface area contributed by atoms with Crippen LogP contribution in [0.3, 0.4) is 0 Å². The van der Waals surface area contributed by atoms with Crippen LogP contribution in [0.5, 0.6) is 0 Å². The van der Waals surface area contributed by atoms with Gasteiger partial charge in [0.15, 0.2) is 0 Å². The van der Waals surface area contributed by atoms with E-state index in [4.69, 9.17) is 0 Å². The second kappa shape index (κ2) is 4.22. The lowest BCUT2D eigenvalue weighted by atomic mass is 10.0. The van der Waals surface area contributed by atoms with E-state index >= 15 is 0 Å². The first-order valence-corrected chi connectivity index (χ1v) is 7.25. The van der Waals surface area contributed by atoms with E-state index in [1.807, 2.05) is 11.3 Å². The standard InChI is InChI=1S/C18H12S/c1-2-6-14-11-15(10-9-13(14)5-1)17-12-19-18-8-4-3-7-16(17)18/h1-12H. The highest BCUT2D eigenvalue weighted by Crippen LogP contribution is 2.34. The van der Waals surface area contributed by atoms with E-state index in [-0.39, 0.29) is 0 Å². The maximum absolute atomic E-state index is 2.28. The van der Waals surface area contributed by atoms with Crippen molar-refractivity contribution in [2.75, 3.05) is 0 Å². The predicted octanol–water partition coefficient (Wildman–Crippen LogP) is 5.72. The molecule has 0 fully saturated rings. The molecule has 0 aliphatic heterocycles. The van der Waals surface area contributed by atoms with Crippen molar-refractivity contribution >= 4 is 32.2 Å². The number of rotatable bonds is 1. The second-order valence-corrected chi connectivity index (χ2v) is 5.62. The first-order valence-electron chi connectivity index (χ1n) is 6.37. The molecule has 0 aliphatic rings. The molecular formula is C18H12S. The summed E-state index contributed by atoms with van der Waals surface area (Å²) in [7, 11) is 0. The van der Waals surface area contributed by atoms with Crippen LogP contribution in [0.2, 0.25) is 0 Å². The molecule has 0 saturated heterocycles. The van der Waals surface area contributed by atoms with Gasteiger partial charge >= 0.3 is 0 Å². The molecule has 0 N–H and O–H groups in total. The molecule has 0 atom stereocenters. The fourth-order valence-corrected chi connectivity index (χ4v) is 3.53. The molecule has 0 saturated carbocycles. The molecule has 0 aliphatic carbocycles. The molecule has 0 amide bonds. The summed E-state index contributed by atoms with van der Waals surface area (Å²) in [6, 6.07) is 23.8. The zero-order valence-corrected chi connectivity index (χ0v) is 11.2. The van der Waals surface area contributed by atoms with Crippen molar-refractivity contribution in [3.63, 3.8) is 0 Å². The Balaban J connectivity index is 1.99. The Bertz CT molecular complexity index is 871. The summed E-state index contributed by atoms with van der Waals surface area (Å²) in [5, 5.41) is 6.21. The molecular weight excluding hydrogens is 248 g/mol. The lowest BCUT2D eigenvalue weighted by Crippen LogP contribution is -1.77. The summed E-state index contributed by atoms with van der Waals surface area (Å²) < 4.78 is 1.35. The quantitative estimate of drug-likeness (QED) is 0.410. The van der Waals surface area contributed by atoms with Crippen LogP contribution in [-0.4, -0.2) is 0 Å². The van der Waals surface area contributed by atoms with E-state index in [9.17, 15) is 0 Å². The molecule has 0 spiro atoms. The lowest BCUT2D eigenvalue weighted by Gasteiger charge is -2.03. The van der Waals surface area contributed by atoms with Crippen LogP contribution in [0.25, 0.3) is 32.0 Å². The highest BCUT2D eigenvalue weighted by atomic mass is 32.1. The van der Waals surface area contributed by atoms with Gasteiger partial charge in [-0.3, -0.25) is 0 Å².